The highest BCUT2D eigenvalue weighted by atomic mass is 19.1. The van der Waals surface area contributed by atoms with Gasteiger partial charge in [-0.3, -0.25) is 5.10 Å². The van der Waals surface area contributed by atoms with E-state index in [1.165, 1.54) is 12.1 Å². The van der Waals surface area contributed by atoms with Gasteiger partial charge in [-0.15, -0.1) is 0 Å². The predicted octanol–water partition coefficient (Wildman–Crippen LogP) is 5.77. The lowest BCUT2D eigenvalue weighted by molar-refractivity contribution is 0.502. The topological polar surface area (TPSA) is 40.7 Å². The van der Waals surface area contributed by atoms with Crippen molar-refractivity contribution in [3.63, 3.8) is 0 Å². The van der Waals surface area contributed by atoms with Gasteiger partial charge in [0.1, 0.15) is 5.82 Å². The number of hydrogen-bond acceptors (Lipinski definition) is 2. The molecule has 1 aromatic carbocycles. The van der Waals surface area contributed by atoms with Crippen molar-refractivity contribution in [3.8, 4) is 11.1 Å². The quantitative estimate of drug-likeness (QED) is 0.644. The number of halogens is 1. The summed E-state index contributed by atoms with van der Waals surface area (Å²) < 4.78 is 13.4. The molecule has 1 aromatic heterocycles. The molecule has 0 bridgehead atoms. The first-order chi connectivity index (χ1) is 11.7. The summed E-state index contributed by atoms with van der Waals surface area (Å²) in [7, 11) is 0. The number of hydrogen-bond donors (Lipinski definition) is 2. The van der Waals surface area contributed by atoms with Gasteiger partial charge in [0.15, 0.2) is 0 Å². The molecule has 2 rings (SSSR count). The number of aromatic amines is 1. The van der Waals surface area contributed by atoms with Gasteiger partial charge in [0.2, 0.25) is 0 Å². The highest BCUT2D eigenvalue weighted by Gasteiger charge is 2.14. The van der Waals surface area contributed by atoms with Gasteiger partial charge in [-0.1, -0.05) is 59.2 Å². The summed E-state index contributed by atoms with van der Waals surface area (Å²) in [6.07, 6.45) is 6.19. The molecule has 0 aliphatic rings. The van der Waals surface area contributed by atoms with Crippen LogP contribution < -0.4 is 5.32 Å². The molecule has 0 spiro atoms. The molecule has 4 heteroatoms. The van der Waals surface area contributed by atoms with Crippen LogP contribution in [0.15, 0.2) is 37.0 Å². The maximum atomic E-state index is 13.4. The normalized spacial score (nSPS) is 10.2. The summed E-state index contributed by atoms with van der Waals surface area (Å²) in [5.74, 6) is -0.252. The minimum atomic E-state index is -0.252. The maximum absolute atomic E-state index is 13.4. The van der Waals surface area contributed by atoms with Crippen LogP contribution in [0.4, 0.5) is 4.39 Å². The van der Waals surface area contributed by atoms with Crippen LogP contribution in [0.2, 0.25) is 0 Å². The van der Waals surface area contributed by atoms with E-state index in [-0.39, 0.29) is 5.82 Å². The van der Waals surface area contributed by atoms with Gasteiger partial charge in [0.05, 0.1) is 17.6 Å². The molecular formula is C20H30FN3. The van der Waals surface area contributed by atoms with Crippen LogP contribution in [0.25, 0.3) is 16.8 Å². The average molecular weight is 331 g/mol. The third-order valence-electron chi connectivity index (χ3n) is 3.73. The second-order valence-corrected chi connectivity index (χ2v) is 5.57. The molecule has 0 radical (unpaired) electrons. The number of nitrogens with zero attached hydrogens (tertiary/aromatic N) is 1. The van der Waals surface area contributed by atoms with Crippen molar-refractivity contribution >= 4 is 5.70 Å². The van der Waals surface area contributed by atoms with E-state index in [9.17, 15) is 4.39 Å². The third-order valence-corrected chi connectivity index (χ3v) is 3.73. The molecule has 132 valence electrons. The van der Waals surface area contributed by atoms with Crippen LogP contribution in [-0.2, 0) is 0 Å². The van der Waals surface area contributed by atoms with Crippen LogP contribution >= 0.6 is 0 Å². The van der Waals surface area contributed by atoms with Crippen molar-refractivity contribution in [2.45, 2.75) is 59.4 Å². The Morgan fingerprint density at radius 1 is 1.25 bits per heavy atom. The van der Waals surface area contributed by atoms with Crippen molar-refractivity contribution in [1.82, 2.24) is 15.5 Å². The second-order valence-electron chi connectivity index (χ2n) is 5.57. The van der Waals surface area contributed by atoms with Crippen LogP contribution in [0.1, 0.15) is 59.1 Å². The summed E-state index contributed by atoms with van der Waals surface area (Å²) in [6.45, 7) is 12.5. The Morgan fingerprint density at radius 3 is 2.50 bits per heavy atom. The Bertz CT molecular complexity index is 613. The Kier molecular flexibility index (Phi) is 8.84. The van der Waals surface area contributed by atoms with E-state index >= 15 is 0 Å². The van der Waals surface area contributed by atoms with E-state index < -0.39 is 0 Å². The van der Waals surface area contributed by atoms with Crippen molar-refractivity contribution in [1.29, 1.82) is 0 Å². The average Bonchev–Trinajstić information content (AvgIpc) is 3.07. The molecule has 0 amide bonds. The first-order valence-electron chi connectivity index (χ1n) is 8.90. The first-order valence-corrected chi connectivity index (χ1v) is 8.90. The van der Waals surface area contributed by atoms with E-state index in [1.54, 1.807) is 12.3 Å². The van der Waals surface area contributed by atoms with E-state index in [4.69, 9.17) is 0 Å². The Balaban J connectivity index is 0.00000139. The van der Waals surface area contributed by atoms with Crippen LogP contribution in [0, 0.1) is 5.82 Å². The third kappa shape index (κ3) is 5.52. The van der Waals surface area contributed by atoms with Crippen molar-refractivity contribution in [2.75, 3.05) is 0 Å². The minimum absolute atomic E-state index is 0.252. The number of rotatable bonds is 8. The fraction of sp³-hybridized carbons (Fsp3) is 0.450. The highest BCUT2D eigenvalue weighted by molar-refractivity contribution is 5.77. The molecule has 3 nitrogen and oxygen atoms in total. The van der Waals surface area contributed by atoms with Crippen LogP contribution in [0.5, 0.6) is 0 Å². The van der Waals surface area contributed by atoms with Gasteiger partial charge in [0, 0.05) is 11.6 Å². The zero-order valence-corrected chi connectivity index (χ0v) is 15.3. The lowest BCUT2D eigenvalue weighted by atomic mass is 10.0. The van der Waals surface area contributed by atoms with Gasteiger partial charge in [-0.2, -0.15) is 5.10 Å². The Hall–Kier alpha value is -2.10. The fourth-order valence-electron chi connectivity index (χ4n) is 2.70. The number of nitrogens with one attached hydrogen (secondary N) is 2. The van der Waals surface area contributed by atoms with Crippen LogP contribution in [-0.4, -0.2) is 16.2 Å². The molecule has 0 aliphatic carbocycles. The standard InChI is InChI=1S/C18H24FN3.C2H6/c1-4-7-16(8-5-2)21-13(3)18-17(12-20-22-18)14-9-6-10-15(19)11-14;1-2/h6,9-12,16,21H,3-5,7-8H2,1-2H3,(H,20,22);1-2H3. The smallest absolute Gasteiger partial charge is 0.123 e. The lowest BCUT2D eigenvalue weighted by Crippen LogP contribution is -2.27. The minimum Gasteiger partial charge on any atom is -0.381 e. The van der Waals surface area contributed by atoms with Crippen molar-refractivity contribution < 1.29 is 4.39 Å². The molecule has 0 aliphatic heterocycles. The molecule has 2 aromatic rings. The van der Waals surface area contributed by atoms with Gasteiger partial charge < -0.3 is 5.32 Å². The summed E-state index contributed by atoms with van der Waals surface area (Å²) in [4.78, 5) is 0. The Morgan fingerprint density at radius 2 is 1.92 bits per heavy atom. The van der Waals surface area contributed by atoms with Gasteiger partial charge >= 0.3 is 0 Å². The van der Waals surface area contributed by atoms with Gasteiger partial charge in [-0.25, -0.2) is 4.39 Å². The molecule has 0 fully saturated rings. The second kappa shape index (κ2) is 10.6. The summed E-state index contributed by atoms with van der Waals surface area (Å²) in [5.41, 5.74) is 3.30. The largest absolute Gasteiger partial charge is 0.381 e. The summed E-state index contributed by atoms with van der Waals surface area (Å²) in [5, 5.41) is 10.6. The van der Waals surface area contributed by atoms with E-state index in [2.05, 4.69) is 35.9 Å². The summed E-state index contributed by atoms with van der Waals surface area (Å²) >= 11 is 0. The molecule has 1 heterocycles. The molecule has 24 heavy (non-hydrogen) atoms. The van der Waals surface area contributed by atoms with E-state index in [0.29, 0.717) is 6.04 Å². The van der Waals surface area contributed by atoms with Gasteiger partial charge in [-0.05, 0) is 30.5 Å². The lowest BCUT2D eigenvalue weighted by Gasteiger charge is -2.20. The van der Waals surface area contributed by atoms with Crippen LogP contribution in [0.3, 0.4) is 0 Å². The predicted molar refractivity (Wildman–Crippen MR) is 101 cm³/mol. The van der Waals surface area contributed by atoms with Crippen molar-refractivity contribution in [2.24, 2.45) is 0 Å². The summed E-state index contributed by atoms with van der Waals surface area (Å²) in [6, 6.07) is 6.94. The van der Waals surface area contributed by atoms with Gasteiger partial charge in [0.25, 0.3) is 0 Å². The SMILES string of the molecule is C=C(NC(CCC)CCC)c1[nH]ncc1-c1cccc(F)c1.CC. The Labute approximate surface area is 145 Å². The number of benzene rings is 1. The number of H-pyrrole nitrogens is 1. The van der Waals surface area contributed by atoms with E-state index in [0.717, 1.165) is 48.2 Å². The first kappa shape index (κ1) is 19.9. The molecule has 0 saturated heterocycles. The molecule has 2 N–H and O–H groups in total. The highest BCUT2D eigenvalue weighted by Crippen LogP contribution is 2.26. The zero-order chi connectivity index (χ0) is 17.9. The molecule has 0 atom stereocenters. The van der Waals surface area contributed by atoms with E-state index in [1.807, 2.05) is 19.9 Å². The number of aromatic nitrogens is 2. The fourth-order valence-corrected chi connectivity index (χ4v) is 2.70. The maximum Gasteiger partial charge on any atom is 0.123 e. The molecule has 0 saturated carbocycles. The molecule has 0 unspecified atom stereocenters. The monoisotopic (exact) mass is 331 g/mol. The zero-order valence-electron chi connectivity index (χ0n) is 15.3. The molecular weight excluding hydrogens is 301 g/mol. The van der Waals surface area contributed by atoms with Crippen molar-refractivity contribution in [3.05, 3.63) is 48.6 Å².